The van der Waals surface area contributed by atoms with Crippen LogP contribution in [0, 0.1) is 35.5 Å². The van der Waals surface area contributed by atoms with Gasteiger partial charge in [0.25, 0.3) is 0 Å². The second kappa shape index (κ2) is 17.7. The number of hydrogen-bond donors (Lipinski definition) is 6. The van der Waals surface area contributed by atoms with Gasteiger partial charge in [-0.3, -0.25) is 4.79 Å². The molecule has 13 nitrogen and oxygen atoms in total. The summed E-state index contributed by atoms with van der Waals surface area (Å²) in [5.41, 5.74) is -1.88. The van der Waals surface area contributed by atoms with Crippen molar-refractivity contribution in [1.82, 2.24) is 0 Å². The maximum atomic E-state index is 12.2. The summed E-state index contributed by atoms with van der Waals surface area (Å²) in [6.07, 6.45) is 5.15. The number of aliphatic hydroxyl groups is 5. The first-order valence-electron chi connectivity index (χ1n) is 22.9. The largest absolute Gasteiger partial charge is 0.481 e. The van der Waals surface area contributed by atoms with Crippen LogP contribution in [0.3, 0.4) is 0 Å². The zero-order chi connectivity index (χ0) is 42.6. The number of hydrogen-bond acceptors (Lipinski definition) is 12. The molecule has 0 spiro atoms. The summed E-state index contributed by atoms with van der Waals surface area (Å²) in [6.45, 7) is 17.3. The summed E-state index contributed by atoms with van der Waals surface area (Å²) in [7, 11) is 0. The van der Waals surface area contributed by atoms with Crippen molar-refractivity contribution in [2.75, 3.05) is 0 Å². The number of aliphatic hydroxyl groups excluding tert-OH is 1. The van der Waals surface area contributed by atoms with Crippen LogP contribution in [0.2, 0.25) is 0 Å². The van der Waals surface area contributed by atoms with Crippen molar-refractivity contribution >= 4 is 5.97 Å². The van der Waals surface area contributed by atoms with E-state index in [9.17, 15) is 35.4 Å². The number of aliphatic carboxylic acids is 1. The minimum Gasteiger partial charge on any atom is -0.481 e. The number of ether oxygens (including phenoxy) is 6. The maximum absolute atomic E-state index is 12.2. The molecule has 0 aromatic rings. The highest BCUT2D eigenvalue weighted by atomic mass is 16.7. The van der Waals surface area contributed by atoms with Gasteiger partial charge in [-0.1, -0.05) is 41.5 Å². The maximum Gasteiger partial charge on any atom is 0.308 e. The number of rotatable bonds is 13. The second-order valence-electron chi connectivity index (χ2n) is 20.4. The Morgan fingerprint density at radius 1 is 0.741 bits per heavy atom. The average Bonchev–Trinajstić information content (AvgIpc) is 3.79. The highest BCUT2D eigenvalue weighted by Crippen LogP contribution is 2.52. The molecule has 0 aromatic heterocycles. The normalized spacial score (nSPS) is 49.9. The van der Waals surface area contributed by atoms with E-state index in [2.05, 4.69) is 6.92 Å². The lowest BCUT2D eigenvalue weighted by molar-refractivity contribution is -0.347. The van der Waals surface area contributed by atoms with Crippen molar-refractivity contribution in [2.45, 2.75) is 242 Å². The molecule has 0 saturated carbocycles. The van der Waals surface area contributed by atoms with Crippen LogP contribution >= 0.6 is 0 Å². The van der Waals surface area contributed by atoms with Crippen molar-refractivity contribution < 1.29 is 63.9 Å². The summed E-state index contributed by atoms with van der Waals surface area (Å²) < 4.78 is 38.8. The Morgan fingerprint density at radius 3 is 2.14 bits per heavy atom. The fourth-order valence-electron chi connectivity index (χ4n) is 11.3. The van der Waals surface area contributed by atoms with Crippen molar-refractivity contribution in [2.24, 2.45) is 35.5 Å². The first kappa shape index (κ1) is 46.5. The number of carboxylic acid groups (broad SMARTS) is 1. The Kier molecular flexibility index (Phi) is 14.2. The van der Waals surface area contributed by atoms with Gasteiger partial charge >= 0.3 is 5.97 Å². The lowest BCUT2D eigenvalue weighted by Gasteiger charge is -2.50. The van der Waals surface area contributed by atoms with Crippen molar-refractivity contribution in [3.63, 3.8) is 0 Å². The molecule has 6 aliphatic rings. The van der Waals surface area contributed by atoms with Gasteiger partial charge in [-0.15, -0.1) is 0 Å². The van der Waals surface area contributed by atoms with Gasteiger partial charge < -0.3 is 59.1 Å². The second-order valence-corrected chi connectivity index (χ2v) is 20.4. The molecule has 6 rings (SSSR count). The Bertz CT molecular complexity index is 1400. The van der Waals surface area contributed by atoms with E-state index in [0.717, 1.165) is 12.8 Å². The lowest BCUT2D eigenvalue weighted by atomic mass is 9.78. The van der Waals surface area contributed by atoms with Gasteiger partial charge in [0.2, 0.25) is 0 Å². The van der Waals surface area contributed by atoms with Gasteiger partial charge in [-0.2, -0.15) is 0 Å². The van der Waals surface area contributed by atoms with Crippen molar-refractivity contribution in [1.29, 1.82) is 0 Å². The Hall–Kier alpha value is -0.970. The third-order valence-electron chi connectivity index (χ3n) is 16.2. The molecule has 6 heterocycles. The summed E-state index contributed by atoms with van der Waals surface area (Å²) >= 11 is 0. The fourth-order valence-corrected chi connectivity index (χ4v) is 11.3. The molecule has 0 bridgehead atoms. The topological polar surface area (TPSA) is 194 Å². The molecule has 0 radical (unpaired) electrons. The van der Waals surface area contributed by atoms with Crippen LogP contribution < -0.4 is 0 Å². The van der Waals surface area contributed by atoms with Gasteiger partial charge in [0.05, 0.1) is 66.5 Å². The van der Waals surface area contributed by atoms with Crippen LogP contribution in [0.4, 0.5) is 0 Å². The minimum atomic E-state index is -1.53. The molecule has 6 N–H and O–H groups in total. The van der Waals surface area contributed by atoms with Gasteiger partial charge in [0, 0.05) is 37.0 Å². The Morgan fingerprint density at radius 2 is 1.45 bits per heavy atom. The molecule has 0 unspecified atom stereocenters. The van der Waals surface area contributed by atoms with Crippen molar-refractivity contribution in [3.8, 4) is 0 Å². The SMILES string of the molecule is CC[C@@H]1O[C@H]([C@@H]2CC[C@](O)([C@]3(C)CC[C@H]([C@H](C)[C@]4(O)CC[C@H](C)[C@H](C[C@]5(O)O[C@H]([C@H](C)[C@H](O)C[C@@H]6CC[C@H](C)[C@H]([C@H](C)C(=O)O)O6)CC[C@@H]5C)O4)O3)O2)CC[C@]1(C)O. The summed E-state index contributed by atoms with van der Waals surface area (Å²) in [6, 6.07) is 0. The van der Waals surface area contributed by atoms with E-state index in [0.29, 0.717) is 77.0 Å². The summed E-state index contributed by atoms with van der Waals surface area (Å²) in [5, 5.41) is 68.2. The molecule has 58 heavy (non-hydrogen) atoms. The Balaban J connectivity index is 1.05. The van der Waals surface area contributed by atoms with Crippen LogP contribution in [0.25, 0.3) is 0 Å². The van der Waals surface area contributed by atoms with Crippen LogP contribution in [0.1, 0.15) is 159 Å². The predicted octanol–water partition coefficient (Wildman–Crippen LogP) is 5.83. The van der Waals surface area contributed by atoms with E-state index in [-0.39, 0.29) is 54.5 Å². The monoisotopic (exact) mass is 827 g/mol. The highest BCUT2D eigenvalue weighted by Gasteiger charge is 2.61. The van der Waals surface area contributed by atoms with Crippen molar-refractivity contribution in [3.05, 3.63) is 0 Å². The number of carboxylic acids is 1. The standard InChI is InChI=1S/C45H78O13/c1-10-38-41(8,49)19-16-35(54-38)36-18-22-45(52,58-36)42(9)20-17-34(55-42)30(7)43(50)21-15-25(2)37(57-43)24-44(51)27(4)12-14-33(56-44)28(5)32(46)23-31-13-11-26(3)39(53-31)29(6)40(47)48/h25-39,46,49-52H,10-24H2,1-9H3,(H,47,48)/t25-,26-,27-,28+,29-,30-,31-,32+,33-,34+,35-,36-,37-,38-,39+,41-,42-,43-,44-,45+/m0/s1. The van der Waals surface area contributed by atoms with E-state index >= 15 is 0 Å². The first-order valence-corrected chi connectivity index (χ1v) is 22.9. The molecule has 13 heteroatoms. The quantitative estimate of drug-likeness (QED) is 0.130. The molecule has 6 aliphatic heterocycles. The van der Waals surface area contributed by atoms with E-state index in [1.54, 1.807) is 6.92 Å². The summed E-state index contributed by atoms with van der Waals surface area (Å²) in [4.78, 5) is 11.7. The molecule has 0 amide bonds. The third-order valence-corrected chi connectivity index (χ3v) is 16.2. The zero-order valence-corrected chi connectivity index (χ0v) is 36.8. The molecular formula is C45H78O13. The third kappa shape index (κ3) is 9.36. The summed E-state index contributed by atoms with van der Waals surface area (Å²) in [5.74, 6) is -6.88. The molecule has 0 aromatic carbocycles. The van der Waals surface area contributed by atoms with Crippen LogP contribution in [0.5, 0.6) is 0 Å². The van der Waals surface area contributed by atoms with Crippen LogP contribution in [-0.2, 0) is 33.2 Å². The van der Waals surface area contributed by atoms with Crippen LogP contribution in [0.15, 0.2) is 0 Å². The van der Waals surface area contributed by atoms with Gasteiger partial charge in [-0.25, -0.2) is 0 Å². The fraction of sp³-hybridized carbons (Fsp3) is 0.978. The molecule has 6 saturated heterocycles. The smallest absolute Gasteiger partial charge is 0.308 e. The molecule has 0 aliphatic carbocycles. The van der Waals surface area contributed by atoms with Gasteiger partial charge in [0.15, 0.2) is 17.4 Å². The predicted molar refractivity (Wildman–Crippen MR) is 214 cm³/mol. The Labute approximate surface area is 346 Å². The zero-order valence-electron chi connectivity index (χ0n) is 36.8. The van der Waals surface area contributed by atoms with E-state index in [1.165, 1.54) is 0 Å². The molecular weight excluding hydrogens is 748 g/mol. The minimum absolute atomic E-state index is 0.0416. The van der Waals surface area contributed by atoms with Gasteiger partial charge in [-0.05, 0) is 110 Å². The number of carbonyl (C=O) groups is 1. The average molecular weight is 827 g/mol. The van der Waals surface area contributed by atoms with Gasteiger partial charge in [0.1, 0.15) is 5.60 Å². The lowest BCUT2D eigenvalue weighted by Crippen LogP contribution is -2.57. The van der Waals surface area contributed by atoms with E-state index in [4.69, 9.17) is 28.4 Å². The molecule has 6 fully saturated rings. The molecule has 336 valence electrons. The first-order chi connectivity index (χ1) is 27.0. The molecule has 20 atom stereocenters. The van der Waals surface area contributed by atoms with E-state index in [1.807, 2.05) is 48.5 Å². The highest BCUT2D eigenvalue weighted by molar-refractivity contribution is 5.70. The van der Waals surface area contributed by atoms with E-state index < -0.39 is 76.9 Å². The van der Waals surface area contributed by atoms with Crippen LogP contribution in [-0.4, -0.2) is 120 Å².